The summed E-state index contributed by atoms with van der Waals surface area (Å²) in [6.45, 7) is 5.33. The van der Waals surface area contributed by atoms with Crippen molar-refractivity contribution in [3.8, 4) is 29.4 Å². The van der Waals surface area contributed by atoms with Crippen molar-refractivity contribution in [2.75, 3.05) is 13.2 Å². The molecule has 1 N–H and O–H groups in total. The molecule has 0 fully saturated rings. The molecule has 0 amide bonds. The molecular weight excluding hydrogens is 428 g/mol. The number of hydrogen-bond acceptors (Lipinski definition) is 2. The van der Waals surface area contributed by atoms with Gasteiger partial charge in [-0.3, -0.25) is 0 Å². The van der Waals surface area contributed by atoms with Crippen molar-refractivity contribution in [1.29, 1.82) is 0 Å². The maximum atomic E-state index is 8.82. The van der Waals surface area contributed by atoms with Crippen LogP contribution in [0.25, 0.3) is 0 Å². The Hall–Kier alpha value is -3.46. The van der Waals surface area contributed by atoms with Gasteiger partial charge in [0.2, 0.25) is 0 Å². The Morgan fingerprint density at radius 3 is 2.00 bits per heavy atom. The van der Waals surface area contributed by atoms with E-state index >= 15 is 0 Å². The van der Waals surface area contributed by atoms with E-state index in [9.17, 15) is 0 Å². The van der Waals surface area contributed by atoms with E-state index < -0.39 is 0 Å². The van der Waals surface area contributed by atoms with Crippen LogP contribution >= 0.6 is 0 Å². The third-order valence-electron chi connectivity index (χ3n) is 5.85. The first kappa shape index (κ1) is 26.2. The molecule has 2 heteroatoms. The molecule has 0 aliphatic heterocycles. The fourth-order valence-electron chi connectivity index (χ4n) is 3.81. The highest BCUT2D eigenvalue weighted by molar-refractivity contribution is 5.52. The topological polar surface area (TPSA) is 29.5 Å². The molecule has 2 nitrogen and oxygen atoms in total. The van der Waals surface area contributed by atoms with Gasteiger partial charge >= 0.3 is 0 Å². The van der Waals surface area contributed by atoms with Gasteiger partial charge < -0.3 is 9.84 Å². The van der Waals surface area contributed by atoms with Gasteiger partial charge in [-0.25, -0.2) is 0 Å². The summed E-state index contributed by atoms with van der Waals surface area (Å²) in [6.07, 6.45) is 7.20. The lowest BCUT2D eigenvalue weighted by Crippen LogP contribution is -1.97. The molecule has 35 heavy (non-hydrogen) atoms. The summed E-state index contributed by atoms with van der Waals surface area (Å²) in [5.74, 6) is 14.1. The van der Waals surface area contributed by atoms with Crippen LogP contribution in [-0.4, -0.2) is 18.3 Å². The molecule has 3 rings (SSSR count). The SMILES string of the molecule is CCCc1ccc(C#Cc2ccc(C#Cc3ccc(OCCCCCCO)cc3)c(CC)c2)cc1. The first-order valence-corrected chi connectivity index (χ1v) is 12.8. The molecule has 0 aliphatic rings. The predicted octanol–water partition coefficient (Wildman–Crippen LogP) is 6.93. The van der Waals surface area contributed by atoms with Gasteiger partial charge in [-0.05, 0) is 97.8 Å². The number of aliphatic hydroxyl groups is 1. The van der Waals surface area contributed by atoms with Gasteiger partial charge in [-0.15, -0.1) is 0 Å². The highest BCUT2D eigenvalue weighted by Crippen LogP contribution is 2.15. The van der Waals surface area contributed by atoms with Crippen molar-refractivity contribution in [3.63, 3.8) is 0 Å². The molecule has 0 heterocycles. The molecular formula is C33H36O2. The molecule has 3 aromatic rings. The van der Waals surface area contributed by atoms with E-state index in [1.54, 1.807) is 0 Å². The first-order chi connectivity index (χ1) is 17.2. The van der Waals surface area contributed by atoms with E-state index in [1.807, 2.05) is 24.3 Å². The zero-order chi connectivity index (χ0) is 24.7. The highest BCUT2D eigenvalue weighted by Gasteiger charge is 2.00. The van der Waals surface area contributed by atoms with Gasteiger partial charge in [0.15, 0.2) is 0 Å². The van der Waals surface area contributed by atoms with Crippen LogP contribution in [0, 0.1) is 23.7 Å². The van der Waals surface area contributed by atoms with Crippen molar-refractivity contribution in [3.05, 3.63) is 100 Å². The minimum atomic E-state index is 0.273. The highest BCUT2D eigenvalue weighted by atomic mass is 16.5. The van der Waals surface area contributed by atoms with Crippen LogP contribution in [0.15, 0.2) is 66.7 Å². The number of benzene rings is 3. The van der Waals surface area contributed by atoms with Crippen molar-refractivity contribution >= 4 is 0 Å². The quantitative estimate of drug-likeness (QED) is 0.260. The predicted molar refractivity (Wildman–Crippen MR) is 146 cm³/mol. The van der Waals surface area contributed by atoms with E-state index in [2.05, 4.69) is 80.0 Å². The van der Waals surface area contributed by atoms with Crippen molar-refractivity contribution in [2.24, 2.45) is 0 Å². The average molecular weight is 465 g/mol. The summed E-state index contributed by atoms with van der Waals surface area (Å²) >= 11 is 0. The second kappa shape index (κ2) is 14.7. The molecule has 0 radical (unpaired) electrons. The Bertz CT molecular complexity index is 1170. The van der Waals surface area contributed by atoms with Crippen LogP contribution in [0.1, 0.15) is 79.3 Å². The average Bonchev–Trinajstić information content (AvgIpc) is 2.90. The maximum absolute atomic E-state index is 8.82. The van der Waals surface area contributed by atoms with Gasteiger partial charge in [0, 0.05) is 28.9 Å². The second-order valence-electron chi connectivity index (χ2n) is 8.68. The lowest BCUT2D eigenvalue weighted by atomic mass is 10.0. The van der Waals surface area contributed by atoms with Crippen molar-refractivity contribution in [1.82, 2.24) is 0 Å². The number of ether oxygens (including phenoxy) is 1. The number of aliphatic hydroxyl groups excluding tert-OH is 1. The van der Waals surface area contributed by atoms with E-state index in [0.29, 0.717) is 6.61 Å². The molecule has 0 saturated heterocycles. The van der Waals surface area contributed by atoms with E-state index in [1.165, 1.54) is 11.1 Å². The van der Waals surface area contributed by atoms with Crippen LogP contribution < -0.4 is 4.74 Å². The number of aryl methyl sites for hydroxylation is 2. The molecule has 180 valence electrons. The lowest BCUT2D eigenvalue weighted by Gasteiger charge is -2.06. The summed E-state index contributed by atoms with van der Waals surface area (Å²) in [5.41, 5.74) is 6.65. The van der Waals surface area contributed by atoms with E-state index in [4.69, 9.17) is 9.84 Å². The van der Waals surface area contributed by atoms with Gasteiger partial charge in [-0.2, -0.15) is 0 Å². The van der Waals surface area contributed by atoms with Gasteiger partial charge in [0.25, 0.3) is 0 Å². The van der Waals surface area contributed by atoms with Crippen molar-refractivity contribution < 1.29 is 9.84 Å². The lowest BCUT2D eigenvalue weighted by molar-refractivity contribution is 0.273. The Morgan fingerprint density at radius 2 is 1.31 bits per heavy atom. The Labute approximate surface area is 211 Å². The van der Waals surface area contributed by atoms with E-state index in [0.717, 1.165) is 72.9 Å². The fraction of sp³-hybridized carbons (Fsp3) is 0.333. The molecule has 0 aliphatic carbocycles. The summed E-state index contributed by atoms with van der Waals surface area (Å²) in [6, 6.07) is 22.8. The van der Waals surface area contributed by atoms with Crippen LogP contribution in [0.4, 0.5) is 0 Å². The second-order valence-corrected chi connectivity index (χ2v) is 8.68. The van der Waals surface area contributed by atoms with Crippen LogP contribution in [0.5, 0.6) is 5.75 Å². The number of hydrogen-bond donors (Lipinski definition) is 1. The van der Waals surface area contributed by atoms with Crippen molar-refractivity contribution in [2.45, 2.75) is 58.8 Å². The minimum absolute atomic E-state index is 0.273. The first-order valence-electron chi connectivity index (χ1n) is 12.8. The molecule has 0 spiro atoms. The van der Waals surface area contributed by atoms with Crippen LogP contribution in [0.3, 0.4) is 0 Å². The summed E-state index contributed by atoms with van der Waals surface area (Å²) < 4.78 is 5.80. The molecule has 0 unspecified atom stereocenters. The third-order valence-corrected chi connectivity index (χ3v) is 5.85. The van der Waals surface area contributed by atoms with Gasteiger partial charge in [-0.1, -0.05) is 62.5 Å². The summed E-state index contributed by atoms with van der Waals surface area (Å²) in [4.78, 5) is 0. The molecule has 0 saturated carbocycles. The normalized spacial score (nSPS) is 10.1. The number of unbranched alkanes of at least 4 members (excludes halogenated alkanes) is 3. The van der Waals surface area contributed by atoms with Crippen LogP contribution in [0.2, 0.25) is 0 Å². The molecule has 3 aromatic carbocycles. The largest absolute Gasteiger partial charge is 0.494 e. The molecule has 0 atom stereocenters. The maximum Gasteiger partial charge on any atom is 0.119 e. The third kappa shape index (κ3) is 9.01. The Balaban J connectivity index is 1.60. The smallest absolute Gasteiger partial charge is 0.119 e. The zero-order valence-corrected chi connectivity index (χ0v) is 21.1. The van der Waals surface area contributed by atoms with Crippen LogP contribution in [-0.2, 0) is 12.8 Å². The minimum Gasteiger partial charge on any atom is -0.494 e. The Morgan fingerprint density at radius 1 is 0.686 bits per heavy atom. The standard InChI is InChI=1S/C33H36O2/c1-3-9-27-10-12-28(13-11-27)14-15-30-17-21-32(31(4-2)26-30)20-16-29-18-22-33(23-19-29)35-25-8-6-5-7-24-34/h10-13,17-19,21-23,26,34H,3-9,24-25H2,1-2H3. The zero-order valence-electron chi connectivity index (χ0n) is 21.1. The molecule has 0 bridgehead atoms. The number of rotatable bonds is 10. The Kier molecular flexibility index (Phi) is 11.0. The van der Waals surface area contributed by atoms with Gasteiger partial charge in [0.05, 0.1) is 6.61 Å². The molecule has 0 aromatic heterocycles. The van der Waals surface area contributed by atoms with E-state index in [-0.39, 0.29) is 6.61 Å². The summed E-state index contributed by atoms with van der Waals surface area (Å²) in [7, 11) is 0. The van der Waals surface area contributed by atoms with Gasteiger partial charge in [0.1, 0.15) is 5.75 Å². The monoisotopic (exact) mass is 464 g/mol. The summed E-state index contributed by atoms with van der Waals surface area (Å²) in [5, 5.41) is 8.82. The fourth-order valence-corrected chi connectivity index (χ4v) is 3.81.